The number of carbonyl (C=O) groups excluding carboxylic acids is 1. The van der Waals surface area contributed by atoms with Crippen molar-refractivity contribution in [3.63, 3.8) is 0 Å². The Bertz CT molecular complexity index is 434. The molecule has 2 nitrogen and oxygen atoms in total. The summed E-state index contributed by atoms with van der Waals surface area (Å²) >= 11 is 0. The van der Waals surface area contributed by atoms with Crippen LogP contribution in [-0.2, 0) is 4.79 Å². The van der Waals surface area contributed by atoms with Gasteiger partial charge in [-0.15, -0.1) is 0 Å². The molecule has 2 rings (SSSR count). The zero-order valence-electron chi connectivity index (χ0n) is 9.86. The van der Waals surface area contributed by atoms with E-state index in [2.05, 4.69) is 31.0 Å². The van der Waals surface area contributed by atoms with Crippen LogP contribution in [0.25, 0.3) is 6.08 Å². The summed E-state index contributed by atoms with van der Waals surface area (Å²) in [6.07, 6.45) is 2.67. The van der Waals surface area contributed by atoms with Crippen LogP contribution in [0.3, 0.4) is 0 Å². The van der Waals surface area contributed by atoms with Gasteiger partial charge in [0.1, 0.15) is 0 Å². The van der Waals surface area contributed by atoms with Gasteiger partial charge in [0.2, 0.25) is 0 Å². The van der Waals surface area contributed by atoms with Gasteiger partial charge in [-0.05, 0) is 25.6 Å². The molecule has 1 aromatic carbocycles. The monoisotopic (exact) mass is 215 g/mol. The Morgan fingerprint density at radius 2 is 2.19 bits per heavy atom. The van der Waals surface area contributed by atoms with Crippen LogP contribution in [-0.4, -0.2) is 30.8 Å². The second kappa shape index (κ2) is 4.62. The summed E-state index contributed by atoms with van der Waals surface area (Å²) in [6.45, 7) is 3.72. The highest BCUT2D eigenvalue weighted by atomic mass is 16.1. The number of nitrogens with zero attached hydrogens (tertiary/aromatic N) is 1. The minimum Gasteiger partial charge on any atom is -0.302 e. The van der Waals surface area contributed by atoms with Crippen LogP contribution >= 0.6 is 0 Å². The zero-order chi connectivity index (χ0) is 11.5. The molecular weight excluding hydrogens is 198 g/mol. The summed E-state index contributed by atoms with van der Waals surface area (Å²) in [7, 11) is 2.05. The molecule has 1 fully saturated rings. The largest absolute Gasteiger partial charge is 0.302 e. The van der Waals surface area contributed by atoms with E-state index in [4.69, 9.17) is 0 Å². The molecule has 84 valence electrons. The van der Waals surface area contributed by atoms with Crippen molar-refractivity contribution in [2.24, 2.45) is 0 Å². The smallest absolute Gasteiger partial charge is 0.161 e. The average Bonchev–Trinajstić information content (AvgIpc) is 2.24. The number of benzene rings is 1. The molecular formula is C14H17NO. The van der Waals surface area contributed by atoms with Crippen LogP contribution in [0.2, 0.25) is 0 Å². The van der Waals surface area contributed by atoms with Crippen molar-refractivity contribution in [3.8, 4) is 0 Å². The summed E-state index contributed by atoms with van der Waals surface area (Å²) in [5, 5.41) is 0. The Kier molecular flexibility index (Phi) is 3.20. The molecule has 0 atom stereocenters. The number of likely N-dealkylation sites (N-methyl/N-ethyl adjacent to an activating group) is 1. The molecule has 1 saturated heterocycles. The third-order valence-electron chi connectivity index (χ3n) is 2.90. The number of carbonyl (C=O) groups is 1. The number of hydrogen-bond acceptors (Lipinski definition) is 2. The lowest BCUT2D eigenvalue weighted by Crippen LogP contribution is -2.32. The van der Waals surface area contributed by atoms with E-state index in [0.29, 0.717) is 12.2 Å². The predicted octanol–water partition coefficient (Wildman–Crippen LogP) is 2.28. The number of Topliss-reactive ketones (excluding diaryl/α,β-unsaturated/α-hetero) is 1. The van der Waals surface area contributed by atoms with E-state index in [1.165, 1.54) is 5.56 Å². The number of rotatable bonds is 1. The van der Waals surface area contributed by atoms with Gasteiger partial charge in [-0.1, -0.05) is 29.8 Å². The molecule has 0 bridgehead atoms. The highest BCUT2D eigenvalue weighted by Gasteiger charge is 2.18. The van der Waals surface area contributed by atoms with Gasteiger partial charge in [0, 0.05) is 25.1 Å². The fourth-order valence-corrected chi connectivity index (χ4v) is 2.00. The standard InChI is InChI=1S/C14H17NO/c1-11-4-3-5-12(8-11)9-13-10-15(2)7-6-14(13)16/h3-5,8-9H,6-7,10H2,1-2H3/b13-9+. The van der Waals surface area contributed by atoms with Crippen molar-refractivity contribution in [2.45, 2.75) is 13.3 Å². The maximum Gasteiger partial charge on any atom is 0.161 e. The van der Waals surface area contributed by atoms with E-state index >= 15 is 0 Å². The molecule has 0 spiro atoms. The SMILES string of the molecule is Cc1cccc(/C=C2\CN(C)CCC2=O)c1. The Morgan fingerprint density at radius 1 is 1.38 bits per heavy atom. The van der Waals surface area contributed by atoms with Crippen molar-refractivity contribution in [3.05, 3.63) is 41.0 Å². The lowest BCUT2D eigenvalue weighted by atomic mass is 10.0. The maximum atomic E-state index is 11.7. The Hall–Kier alpha value is -1.41. The van der Waals surface area contributed by atoms with E-state index in [1.54, 1.807) is 0 Å². The maximum absolute atomic E-state index is 11.7. The van der Waals surface area contributed by atoms with Crippen molar-refractivity contribution in [1.29, 1.82) is 0 Å². The van der Waals surface area contributed by atoms with Crippen LogP contribution in [0.15, 0.2) is 29.8 Å². The molecule has 0 aromatic heterocycles. The third-order valence-corrected chi connectivity index (χ3v) is 2.90. The van der Waals surface area contributed by atoms with Gasteiger partial charge in [-0.3, -0.25) is 4.79 Å². The Labute approximate surface area is 96.6 Å². The fraction of sp³-hybridized carbons (Fsp3) is 0.357. The molecule has 2 heteroatoms. The summed E-state index contributed by atoms with van der Waals surface area (Å²) < 4.78 is 0. The second-order valence-electron chi connectivity index (χ2n) is 4.49. The summed E-state index contributed by atoms with van der Waals surface area (Å²) in [5.74, 6) is 0.291. The molecule has 1 heterocycles. The molecule has 0 saturated carbocycles. The molecule has 1 aromatic rings. The first-order valence-electron chi connectivity index (χ1n) is 5.64. The van der Waals surface area contributed by atoms with Crippen LogP contribution in [0.5, 0.6) is 0 Å². The number of aryl methyl sites for hydroxylation is 1. The average molecular weight is 215 g/mol. The summed E-state index contributed by atoms with van der Waals surface area (Å²) in [5.41, 5.74) is 3.28. The molecule has 0 aliphatic carbocycles. The lowest BCUT2D eigenvalue weighted by molar-refractivity contribution is -0.117. The van der Waals surface area contributed by atoms with Gasteiger partial charge in [0.05, 0.1) is 0 Å². The van der Waals surface area contributed by atoms with Crippen molar-refractivity contribution < 1.29 is 4.79 Å². The summed E-state index contributed by atoms with van der Waals surface area (Å²) in [6, 6.07) is 8.24. The second-order valence-corrected chi connectivity index (χ2v) is 4.49. The van der Waals surface area contributed by atoms with Crippen LogP contribution in [0, 0.1) is 6.92 Å². The van der Waals surface area contributed by atoms with Crippen LogP contribution in [0.4, 0.5) is 0 Å². The lowest BCUT2D eigenvalue weighted by Gasteiger charge is -2.23. The quantitative estimate of drug-likeness (QED) is 0.670. The van der Waals surface area contributed by atoms with Gasteiger partial charge in [0.25, 0.3) is 0 Å². The first-order valence-corrected chi connectivity index (χ1v) is 5.64. The first kappa shape index (κ1) is 11.1. The van der Waals surface area contributed by atoms with Crippen molar-refractivity contribution >= 4 is 11.9 Å². The predicted molar refractivity (Wildman–Crippen MR) is 66.3 cm³/mol. The first-order chi connectivity index (χ1) is 7.65. The molecule has 0 unspecified atom stereocenters. The minimum atomic E-state index is 0.291. The minimum absolute atomic E-state index is 0.291. The molecule has 16 heavy (non-hydrogen) atoms. The third kappa shape index (κ3) is 2.58. The van der Waals surface area contributed by atoms with E-state index in [1.807, 2.05) is 18.2 Å². The Balaban J connectivity index is 2.25. The number of likely N-dealkylation sites (tertiary alicyclic amines) is 1. The molecule has 0 amide bonds. The van der Waals surface area contributed by atoms with Gasteiger partial charge >= 0.3 is 0 Å². The topological polar surface area (TPSA) is 20.3 Å². The highest BCUT2D eigenvalue weighted by Crippen LogP contribution is 2.15. The van der Waals surface area contributed by atoms with E-state index in [9.17, 15) is 4.79 Å². The molecule has 0 N–H and O–H groups in total. The summed E-state index contributed by atoms with van der Waals surface area (Å²) in [4.78, 5) is 13.9. The van der Waals surface area contributed by atoms with Crippen molar-refractivity contribution in [1.82, 2.24) is 4.90 Å². The number of ketones is 1. The van der Waals surface area contributed by atoms with E-state index in [-0.39, 0.29) is 0 Å². The number of hydrogen-bond donors (Lipinski definition) is 0. The zero-order valence-corrected chi connectivity index (χ0v) is 9.86. The van der Waals surface area contributed by atoms with Crippen LogP contribution < -0.4 is 0 Å². The molecule has 1 aliphatic rings. The molecule has 1 aliphatic heterocycles. The van der Waals surface area contributed by atoms with Gasteiger partial charge in [-0.25, -0.2) is 0 Å². The molecule has 0 radical (unpaired) electrons. The van der Waals surface area contributed by atoms with E-state index in [0.717, 1.165) is 24.2 Å². The Morgan fingerprint density at radius 3 is 2.94 bits per heavy atom. The van der Waals surface area contributed by atoms with Gasteiger partial charge < -0.3 is 4.90 Å². The van der Waals surface area contributed by atoms with Crippen molar-refractivity contribution in [2.75, 3.05) is 20.1 Å². The van der Waals surface area contributed by atoms with Gasteiger partial charge in [-0.2, -0.15) is 0 Å². The van der Waals surface area contributed by atoms with Crippen LogP contribution in [0.1, 0.15) is 17.5 Å². The van der Waals surface area contributed by atoms with E-state index < -0.39 is 0 Å². The normalized spacial score (nSPS) is 20.4. The number of piperidine rings is 1. The fourth-order valence-electron chi connectivity index (χ4n) is 2.00. The van der Waals surface area contributed by atoms with Gasteiger partial charge in [0.15, 0.2) is 5.78 Å². The highest BCUT2D eigenvalue weighted by molar-refractivity contribution is 6.00.